The number of nitrogens with one attached hydrogen (secondary N) is 1. The third-order valence-electron chi connectivity index (χ3n) is 1.85. The molecule has 1 saturated heterocycles. The van der Waals surface area contributed by atoms with Crippen LogP contribution in [0.25, 0.3) is 0 Å². The Bertz CT molecular complexity index is 62.9. The zero-order valence-electron chi connectivity index (χ0n) is 5.35. The standard InChI is InChI=1S/C6H14N2/c1-5-4-8-3-2-6(5)7/h5-6,8H,2-4,7H2,1H3/t5-,6?/m0/s1. The van der Waals surface area contributed by atoms with Gasteiger partial charge in [-0.25, -0.2) is 0 Å². The molecule has 1 fully saturated rings. The molecule has 0 aliphatic carbocycles. The Morgan fingerprint density at radius 2 is 2.38 bits per heavy atom. The molecule has 0 spiro atoms. The summed E-state index contributed by atoms with van der Waals surface area (Å²) >= 11 is 0. The minimum Gasteiger partial charge on any atom is -0.327 e. The number of hydrogen-bond acceptors (Lipinski definition) is 2. The quantitative estimate of drug-likeness (QED) is 0.463. The Morgan fingerprint density at radius 1 is 1.62 bits per heavy atom. The maximum atomic E-state index is 5.74. The second-order valence-corrected chi connectivity index (χ2v) is 2.63. The van der Waals surface area contributed by atoms with E-state index in [1.807, 2.05) is 0 Å². The SMILES string of the molecule is C[C@H]1CNCCC1N. The predicted molar refractivity (Wildman–Crippen MR) is 34.6 cm³/mol. The van der Waals surface area contributed by atoms with E-state index in [0.717, 1.165) is 19.5 Å². The Labute approximate surface area is 50.4 Å². The average Bonchev–Trinajstić information content (AvgIpc) is 1.77. The molecular formula is C6H14N2. The van der Waals surface area contributed by atoms with Crippen LogP contribution in [0.1, 0.15) is 13.3 Å². The normalized spacial score (nSPS) is 39.8. The first-order chi connectivity index (χ1) is 3.80. The molecule has 3 N–H and O–H groups in total. The molecule has 0 aromatic rings. The van der Waals surface area contributed by atoms with E-state index in [1.165, 1.54) is 0 Å². The van der Waals surface area contributed by atoms with Crippen LogP contribution in [0.2, 0.25) is 0 Å². The van der Waals surface area contributed by atoms with Crippen LogP contribution in [0, 0.1) is 5.92 Å². The fourth-order valence-corrected chi connectivity index (χ4v) is 1.03. The van der Waals surface area contributed by atoms with E-state index in [-0.39, 0.29) is 0 Å². The van der Waals surface area contributed by atoms with Crippen LogP contribution in [0.3, 0.4) is 0 Å². The summed E-state index contributed by atoms with van der Waals surface area (Å²) in [6.45, 7) is 4.39. The van der Waals surface area contributed by atoms with E-state index >= 15 is 0 Å². The highest BCUT2D eigenvalue weighted by Crippen LogP contribution is 2.06. The molecule has 1 aliphatic rings. The van der Waals surface area contributed by atoms with E-state index in [0.29, 0.717) is 12.0 Å². The van der Waals surface area contributed by atoms with Gasteiger partial charge < -0.3 is 11.1 Å². The summed E-state index contributed by atoms with van der Waals surface area (Å²) in [4.78, 5) is 0. The van der Waals surface area contributed by atoms with Crippen molar-refractivity contribution in [2.75, 3.05) is 13.1 Å². The first-order valence-electron chi connectivity index (χ1n) is 3.27. The van der Waals surface area contributed by atoms with Gasteiger partial charge in [-0.3, -0.25) is 0 Å². The van der Waals surface area contributed by atoms with Crippen LogP contribution in [-0.4, -0.2) is 19.1 Å². The fraction of sp³-hybridized carbons (Fsp3) is 1.00. The Hall–Kier alpha value is -0.0800. The summed E-state index contributed by atoms with van der Waals surface area (Å²) in [5, 5.41) is 3.28. The van der Waals surface area contributed by atoms with Crippen molar-refractivity contribution in [3.8, 4) is 0 Å². The molecule has 8 heavy (non-hydrogen) atoms. The van der Waals surface area contributed by atoms with Crippen LogP contribution >= 0.6 is 0 Å². The molecule has 0 saturated carbocycles. The van der Waals surface area contributed by atoms with Gasteiger partial charge in [0.2, 0.25) is 0 Å². The molecule has 1 aliphatic heterocycles. The molecule has 1 unspecified atom stereocenters. The Balaban J connectivity index is 2.28. The van der Waals surface area contributed by atoms with Crippen LogP contribution in [0.5, 0.6) is 0 Å². The topological polar surface area (TPSA) is 38.0 Å². The van der Waals surface area contributed by atoms with E-state index in [1.54, 1.807) is 0 Å². The van der Waals surface area contributed by atoms with Gasteiger partial charge in [0.15, 0.2) is 0 Å². The van der Waals surface area contributed by atoms with Crippen molar-refractivity contribution in [3.63, 3.8) is 0 Å². The van der Waals surface area contributed by atoms with Crippen molar-refractivity contribution in [2.24, 2.45) is 11.7 Å². The van der Waals surface area contributed by atoms with E-state index < -0.39 is 0 Å². The van der Waals surface area contributed by atoms with Crippen LogP contribution in [0.15, 0.2) is 0 Å². The molecule has 0 radical (unpaired) electrons. The predicted octanol–water partition coefficient (Wildman–Crippen LogP) is -0.0569. The zero-order valence-corrected chi connectivity index (χ0v) is 5.35. The lowest BCUT2D eigenvalue weighted by atomic mass is 9.97. The van der Waals surface area contributed by atoms with Gasteiger partial charge in [0, 0.05) is 6.04 Å². The summed E-state index contributed by atoms with van der Waals surface area (Å²) in [5.74, 6) is 0.670. The molecule has 2 atom stereocenters. The lowest BCUT2D eigenvalue weighted by Crippen LogP contribution is -2.43. The van der Waals surface area contributed by atoms with Crippen molar-refractivity contribution in [3.05, 3.63) is 0 Å². The molecule has 0 bridgehead atoms. The summed E-state index contributed by atoms with van der Waals surface area (Å²) < 4.78 is 0. The highest BCUT2D eigenvalue weighted by molar-refractivity contribution is 4.76. The van der Waals surface area contributed by atoms with E-state index in [9.17, 15) is 0 Å². The van der Waals surface area contributed by atoms with E-state index in [4.69, 9.17) is 5.73 Å². The monoisotopic (exact) mass is 114 g/mol. The minimum absolute atomic E-state index is 0.441. The highest BCUT2D eigenvalue weighted by atomic mass is 14.9. The average molecular weight is 114 g/mol. The van der Waals surface area contributed by atoms with Crippen molar-refractivity contribution in [2.45, 2.75) is 19.4 Å². The number of nitrogens with two attached hydrogens (primary N) is 1. The second kappa shape index (κ2) is 2.46. The van der Waals surface area contributed by atoms with Gasteiger partial charge in [0.1, 0.15) is 0 Å². The summed E-state index contributed by atoms with van der Waals surface area (Å²) in [7, 11) is 0. The molecule has 0 aromatic carbocycles. The smallest absolute Gasteiger partial charge is 0.00887 e. The zero-order chi connectivity index (χ0) is 5.98. The molecule has 2 heteroatoms. The van der Waals surface area contributed by atoms with Gasteiger partial charge in [0.25, 0.3) is 0 Å². The van der Waals surface area contributed by atoms with Crippen molar-refractivity contribution in [1.82, 2.24) is 5.32 Å². The fourth-order valence-electron chi connectivity index (χ4n) is 1.03. The van der Waals surface area contributed by atoms with Crippen molar-refractivity contribution in [1.29, 1.82) is 0 Å². The van der Waals surface area contributed by atoms with Gasteiger partial charge in [-0.05, 0) is 25.4 Å². The molecule has 0 aromatic heterocycles. The summed E-state index contributed by atoms with van der Waals surface area (Å²) in [6.07, 6.45) is 1.14. The van der Waals surface area contributed by atoms with Gasteiger partial charge in [-0.15, -0.1) is 0 Å². The number of piperidine rings is 1. The third kappa shape index (κ3) is 1.20. The summed E-state index contributed by atoms with van der Waals surface area (Å²) in [5.41, 5.74) is 5.74. The molecule has 48 valence electrons. The van der Waals surface area contributed by atoms with Gasteiger partial charge in [0.05, 0.1) is 0 Å². The maximum Gasteiger partial charge on any atom is 0.00887 e. The van der Waals surface area contributed by atoms with Crippen LogP contribution in [0.4, 0.5) is 0 Å². The van der Waals surface area contributed by atoms with Gasteiger partial charge in [-0.1, -0.05) is 6.92 Å². The summed E-state index contributed by atoms with van der Waals surface area (Å²) in [6, 6.07) is 0.441. The third-order valence-corrected chi connectivity index (χ3v) is 1.85. The van der Waals surface area contributed by atoms with Gasteiger partial charge in [-0.2, -0.15) is 0 Å². The first kappa shape index (κ1) is 6.05. The van der Waals surface area contributed by atoms with Crippen LogP contribution in [-0.2, 0) is 0 Å². The maximum absolute atomic E-state index is 5.74. The second-order valence-electron chi connectivity index (χ2n) is 2.63. The molecule has 2 nitrogen and oxygen atoms in total. The highest BCUT2D eigenvalue weighted by Gasteiger charge is 2.15. The number of hydrogen-bond donors (Lipinski definition) is 2. The lowest BCUT2D eigenvalue weighted by molar-refractivity contribution is 0.349. The molecule has 1 heterocycles. The molecular weight excluding hydrogens is 100 g/mol. The minimum atomic E-state index is 0.441. The Morgan fingerprint density at radius 3 is 2.75 bits per heavy atom. The molecule has 1 rings (SSSR count). The van der Waals surface area contributed by atoms with Crippen LogP contribution < -0.4 is 11.1 Å². The molecule has 0 amide bonds. The largest absolute Gasteiger partial charge is 0.327 e. The number of rotatable bonds is 0. The van der Waals surface area contributed by atoms with Crippen molar-refractivity contribution >= 4 is 0 Å². The first-order valence-corrected chi connectivity index (χ1v) is 3.27. The lowest BCUT2D eigenvalue weighted by Gasteiger charge is -2.25. The van der Waals surface area contributed by atoms with Crippen molar-refractivity contribution < 1.29 is 0 Å². The van der Waals surface area contributed by atoms with E-state index in [2.05, 4.69) is 12.2 Å². The van der Waals surface area contributed by atoms with Gasteiger partial charge >= 0.3 is 0 Å². The Kier molecular flexibility index (Phi) is 1.86.